The molecule has 0 saturated heterocycles. The summed E-state index contributed by atoms with van der Waals surface area (Å²) < 4.78 is 0. The van der Waals surface area contributed by atoms with E-state index in [0.717, 1.165) is 56.1 Å². The van der Waals surface area contributed by atoms with Gasteiger partial charge in [-0.2, -0.15) is 0 Å². The number of nitrogens with zero attached hydrogens (tertiary/aromatic N) is 3. The van der Waals surface area contributed by atoms with E-state index < -0.39 is 36.9 Å². The maximum Gasteiger partial charge on any atom is 0.280 e. The van der Waals surface area contributed by atoms with E-state index in [1.165, 1.54) is 0 Å². The predicted molar refractivity (Wildman–Crippen MR) is 200 cm³/mol. The number of aryl methyl sites for hydroxylation is 2. The molecule has 16 nitrogen and oxygen atoms in total. The highest BCUT2D eigenvalue weighted by molar-refractivity contribution is 6.30. The third-order valence-corrected chi connectivity index (χ3v) is 8.92. The summed E-state index contributed by atoms with van der Waals surface area (Å²) in [6.07, 6.45) is 2.07. The van der Waals surface area contributed by atoms with Crippen LogP contribution in [0.3, 0.4) is 0 Å². The van der Waals surface area contributed by atoms with Crippen molar-refractivity contribution in [2.75, 3.05) is 45.1 Å². The lowest BCUT2D eigenvalue weighted by atomic mass is 10.0. The lowest BCUT2D eigenvalue weighted by molar-refractivity contribution is -0.119. The Morgan fingerprint density at radius 1 is 0.962 bits per heavy atom. The average molecular weight is 752 g/mol. The molecule has 2 amide bonds. The fourth-order valence-corrected chi connectivity index (χ4v) is 5.62. The minimum Gasteiger partial charge on any atom is -0.394 e. The van der Waals surface area contributed by atoms with Gasteiger partial charge < -0.3 is 46.8 Å². The molecule has 1 heterocycles. The molecule has 17 heteroatoms. The van der Waals surface area contributed by atoms with E-state index in [-0.39, 0.29) is 35.3 Å². The highest BCUT2D eigenvalue weighted by atomic mass is 35.5. The van der Waals surface area contributed by atoms with Gasteiger partial charge in [0.25, 0.3) is 5.91 Å². The van der Waals surface area contributed by atoms with Crippen LogP contribution in [0, 0.1) is 12.3 Å². The standard InChI is InChI=1S/C35H58ClN9O7/c1-3-4-5-8-17-45(20-26(48)30(50)31(51)27(49)21-46)18-9-16-39-28(41-22-47)19-25-13-11-24(12-14-25)10-6-7-15-40-35(38)44-34(52)29-33(37)42-23(2)32(36)43-29/h11-14,22,26-28,30-31,39,46,48-51H,3-10,15-21H2,1-2H3,(H2,37,42)(H,41,47)(H3,38,40,44,52)/t26-,27+,28+,30+,31+/m0/s1. The Morgan fingerprint density at radius 2 is 1.63 bits per heavy atom. The summed E-state index contributed by atoms with van der Waals surface area (Å²) in [5.74, 6) is -0.912. The highest BCUT2D eigenvalue weighted by Crippen LogP contribution is 2.15. The van der Waals surface area contributed by atoms with Crippen molar-refractivity contribution in [3.63, 3.8) is 0 Å². The topological polar surface area (TPSA) is 262 Å². The first-order chi connectivity index (χ1) is 24.9. The molecule has 2 rings (SSSR count). The quantitative estimate of drug-likeness (QED) is 0.0202. The van der Waals surface area contributed by atoms with Crippen molar-refractivity contribution in [1.82, 2.24) is 36.1 Å². The van der Waals surface area contributed by atoms with Gasteiger partial charge in [-0.15, -0.1) is 0 Å². The molecule has 2 aromatic rings. The minimum absolute atomic E-state index is 0.0642. The van der Waals surface area contributed by atoms with Crippen molar-refractivity contribution >= 4 is 35.7 Å². The van der Waals surface area contributed by atoms with Crippen LogP contribution in [0.1, 0.15) is 79.2 Å². The summed E-state index contributed by atoms with van der Waals surface area (Å²) in [6, 6.07) is 8.15. The number of carbonyl (C=O) groups excluding carboxylic acids is 2. The number of aliphatic hydroxyl groups excluding tert-OH is 5. The molecule has 12 N–H and O–H groups in total. The number of hydrogen-bond donors (Lipinski definition) is 11. The van der Waals surface area contributed by atoms with Crippen molar-refractivity contribution in [2.24, 2.45) is 0 Å². The van der Waals surface area contributed by atoms with E-state index in [0.29, 0.717) is 51.1 Å². The Kier molecular flexibility index (Phi) is 21.2. The molecule has 0 fully saturated rings. The smallest absolute Gasteiger partial charge is 0.280 e. The van der Waals surface area contributed by atoms with Gasteiger partial charge in [0.05, 0.1) is 24.6 Å². The normalized spacial score (nSPS) is 14.3. The summed E-state index contributed by atoms with van der Waals surface area (Å²) in [4.78, 5) is 33.6. The van der Waals surface area contributed by atoms with Gasteiger partial charge in [-0.1, -0.05) is 62.1 Å². The third kappa shape index (κ3) is 16.5. The number of benzene rings is 1. The maximum absolute atomic E-state index is 12.4. The molecule has 0 spiro atoms. The molecule has 0 aliphatic rings. The number of guanidine groups is 1. The van der Waals surface area contributed by atoms with Crippen LogP contribution in [0.4, 0.5) is 5.82 Å². The Labute approximate surface area is 311 Å². The van der Waals surface area contributed by atoms with Gasteiger partial charge >= 0.3 is 0 Å². The molecule has 5 atom stereocenters. The molecule has 1 aromatic heterocycles. The summed E-state index contributed by atoms with van der Waals surface area (Å²) in [5, 5.41) is 69.0. The number of aromatic nitrogens is 2. The van der Waals surface area contributed by atoms with Crippen LogP contribution < -0.4 is 27.0 Å². The summed E-state index contributed by atoms with van der Waals surface area (Å²) in [6.45, 7) is 5.47. The summed E-state index contributed by atoms with van der Waals surface area (Å²) in [5.41, 5.74) is 8.22. The predicted octanol–water partition coefficient (Wildman–Crippen LogP) is 0.210. The second-order valence-corrected chi connectivity index (χ2v) is 13.2. The zero-order valence-electron chi connectivity index (χ0n) is 30.2. The number of amides is 2. The SMILES string of the molecule is CCCCCCN(CCCN[C@@H](Cc1ccc(CCCCNC(=N)NC(=O)c2nc(Cl)c(C)nc2N)cc1)NC=O)C[C@H](O)[C@@H](O)[C@H](O)[C@H](O)CO. The van der Waals surface area contributed by atoms with E-state index in [2.05, 4.69) is 38.2 Å². The van der Waals surface area contributed by atoms with E-state index in [9.17, 15) is 30.0 Å². The second kappa shape index (κ2) is 24.7. The number of aliphatic hydroxyl groups is 5. The average Bonchev–Trinajstić information content (AvgIpc) is 3.12. The van der Waals surface area contributed by atoms with Crippen LogP contribution in [0.5, 0.6) is 0 Å². The van der Waals surface area contributed by atoms with Crippen LogP contribution in [0.15, 0.2) is 24.3 Å². The Balaban J connectivity index is 1.76. The van der Waals surface area contributed by atoms with Crippen molar-refractivity contribution < 1.29 is 35.1 Å². The molecule has 0 bridgehead atoms. The molecule has 0 aliphatic carbocycles. The van der Waals surface area contributed by atoms with Crippen LogP contribution in [0.2, 0.25) is 5.15 Å². The third-order valence-electron chi connectivity index (χ3n) is 8.56. The van der Waals surface area contributed by atoms with Crippen molar-refractivity contribution in [1.29, 1.82) is 5.41 Å². The maximum atomic E-state index is 12.4. The van der Waals surface area contributed by atoms with Crippen molar-refractivity contribution in [3.05, 3.63) is 51.9 Å². The largest absolute Gasteiger partial charge is 0.394 e. The van der Waals surface area contributed by atoms with E-state index >= 15 is 0 Å². The number of unbranched alkanes of at least 4 members (excludes halogenated alkanes) is 4. The first kappa shape index (κ1) is 44.7. The monoisotopic (exact) mass is 751 g/mol. The highest BCUT2D eigenvalue weighted by Gasteiger charge is 2.31. The molecule has 0 saturated carbocycles. The van der Waals surface area contributed by atoms with Gasteiger partial charge in [0, 0.05) is 19.5 Å². The first-order valence-corrected chi connectivity index (χ1v) is 18.3. The van der Waals surface area contributed by atoms with E-state index in [1.807, 2.05) is 29.2 Å². The van der Waals surface area contributed by atoms with E-state index in [1.54, 1.807) is 6.92 Å². The number of nitrogens with one attached hydrogen (secondary N) is 5. The number of carbonyl (C=O) groups is 2. The molecule has 52 heavy (non-hydrogen) atoms. The lowest BCUT2D eigenvalue weighted by Gasteiger charge is -2.30. The zero-order chi connectivity index (χ0) is 38.5. The van der Waals surface area contributed by atoms with E-state index in [4.69, 9.17) is 27.9 Å². The molecule has 0 aliphatic heterocycles. The number of rotatable bonds is 26. The molecule has 0 unspecified atom stereocenters. The van der Waals surface area contributed by atoms with Crippen LogP contribution in [0.25, 0.3) is 0 Å². The second-order valence-electron chi connectivity index (χ2n) is 12.9. The van der Waals surface area contributed by atoms with Crippen LogP contribution in [-0.2, 0) is 17.6 Å². The first-order valence-electron chi connectivity index (χ1n) is 17.9. The van der Waals surface area contributed by atoms with Crippen molar-refractivity contribution in [2.45, 2.75) is 102 Å². The number of nitrogens with two attached hydrogens (primary N) is 1. The summed E-state index contributed by atoms with van der Waals surface area (Å²) in [7, 11) is 0. The number of hydrogen-bond acceptors (Lipinski definition) is 13. The van der Waals surface area contributed by atoms with Gasteiger partial charge in [-0.3, -0.25) is 25.6 Å². The Bertz CT molecular complexity index is 1360. The van der Waals surface area contributed by atoms with Gasteiger partial charge in [-0.25, -0.2) is 9.97 Å². The van der Waals surface area contributed by atoms with Crippen LogP contribution >= 0.6 is 11.6 Å². The van der Waals surface area contributed by atoms with Gasteiger partial charge in [0.2, 0.25) is 6.41 Å². The van der Waals surface area contributed by atoms with Gasteiger partial charge in [-0.05, 0) is 69.8 Å². The molecule has 0 radical (unpaired) electrons. The number of anilines is 1. The molecule has 292 valence electrons. The zero-order valence-corrected chi connectivity index (χ0v) is 31.0. The Hall–Kier alpha value is -3.48. The van der Waals surface area contributed by atoms with Gasteiger partial charge in [0.15, 0.2) is 22.6 Å². The fourth-order valence-electron chi connectivity index (χ4n) is 5.49. The fraction of sp³-hybridized carbons (Fsp3) is 0.629. The molecular weight excluding hydrogens is 694 g/mol. The number of halogens is 1. The van der Waals surface area contributed by atoms with Crippen LogP contribution in [-0.4, -0.2) is 129 Å². The molecule has 1 aromatic carbocycles. The Morgan fingerprint density at radius 3 is 2.31 bits per heavy atom. The van der Waals surface area contributed by atoms with Gasteiger partial charge in [0.1, 0.15) is 18.3 Å². The lowest BCUT2D eigenvalue weighted by Crippen LogP contribution is -2.50. The molecular formula is C35H58ClN9O7. The minimum atomic E-state index is -1.66. The number of nitrogen functional groups attached to an aromatic ring is 1. The van der Waals surface area contributed by atoms with Crippen molar-refractivity contribution in [3.8, 4) is 0 Å². The summed E-state index contributed by atoms with van der Waals surface area (Å²) >= 11 is 5.94.